The highest BCUT2D eigenvalue weighted by Crippen LogP contribution is 2.32. The van der Waals surface area contributed by atoms with Gasteiger partial charge in [0, 0.05) is 0 Å². The van der Waals surface area contributed by atoms with Gasteiger partial charge in [-0.3, -0.25) is 9.69 Å². The zero-order valence-corrected chi connectivity index (χ0v) is 18.2. The van der Waals surface area contributed by atoms with E-state index in [9.17, 15) is 4.79 Å². The summed E-state index contributed by atoms with van der Waals surface area (Å²) in [4.78, 5) is 14.5. The lowest BCUT2D eigenvalue weighted by molar-refractivity contribution is -0.113. The van der Waals surface area contributed by atoms with Crippen molar-refractivity contribution < 1.29 is 14.3 Å². The average Bonchev–Trinajstić information content (AvgIpc) is 2.97. The van der Waals surface area contributed by atoms with Gasteiger partial charge in [-0.15, -0.1) is 0 Å². The molecule has 1 amide bonds. The van der Waals surface area contributed by atoms with Gasteiger partial charge in [0.15, 0.2) is 5.11 Å². The first-order valence-electron chi connectivity index (χ1n) is 9.64. The highest BCUT2D eigenvalue weighted by Gasteiger charge is 2.32. The minimum atomic E-state index is -0.181. The van der Waals surface area contributed by atoms with Gasteiger partial charge in [-0.2, -0.15) is 0 Å². The zero-order valence-electron chi connectivity index (χ0n) is 17.4. The van der Waals surface area contributed by atoms with Crippen LogP contribution in [0.25, 0.3) is 6.08 Å². The minimum absolute atomic E-state index is 0.181. The number of hydrogen-bond donors (Lipinski definition) is 1. The molecule has 3 rings (SSSR count). The molecule has 5 nitrogen and oxygen atoms in total. The number of nitrogens with one attached hydrogen (secondary N) is 1. The maximum absolute atomic E-state index is 13.0. The van der Waals surface area contributed by atoms with Crippen LogP contribution in [0, 0.1) is 6.92 Å². The van der Waals surface area contributed by atoms with Gasteiger partial charge < -0.3 is 14.8 Å². The van der Waals surface area contributed by atoms with Crippen molar-refractivity contribution >= 4 is 35.0 Å². The molecule has 152 valence electrons. The molecule has 6 heteroatoms. The molecule has 0 spiro atoms. The van der Waals surface area contributed by atoms with Crippen LogP contribution in [0.4, 0.5) is 5.69 Å². The normalized spacial score (nSPS) is 15.2. The molecule has 1 saturated heterocycles. The molecule has 0 aromatic heterocycles. The molecule has 29 heavy (non-hydrogen) atoms. The maximum atomic E-state index is 13.0. The van der Waals surface area contributed by atoms with E-state index in [0.29, 0.717) is 29.0 Å². The Balaban J connectivity index is 1.95. The number of carbonyl (C=O) groups excluding carboxylic acids is 1. The van der Waals surface area contributed by atoms with E-state index in [2.05, 4.69) is 25.2 Å². The van der Waals surface area contributed by atoms with Crippen LogP contribution in [-0.4, -0.2) is 24.7 Å². The number of anilines is 1. The first-order valence-corrected chi connectivity index (χ1v) is 10.0. The lowest BCUT2D eigenvalue weighted by Gasteiger charge is -2.16. The number of hydrogen-bond acceptors (Lipinski definition) is 4. The van der Waals surface area contributed by atoms with Gasteiger partial charge in [-0.1, -0.05) is 13.8 Å². The maximum Gasteiger partial charge on any atom is 0.281 e. The van der Waals surface area contributed by atoms with Crippen LogP contribution in [0.1, 0.15) is 43.4 Å². The molecule has 0 saturated carbocycles. The highest BCUT2D eigenvalue weighted by atomic mass is 32.1. The fourth-order valence-corrected chi connectivity index (χ4v) is 3.56. The van der Waals surface area contributed by atoms with E-state index in [0.717, 1.165) is 28.2 Å². The number of nitrogens with zero attached hydrogens (tertiary/aromatic N) is 1. The first-order chi connectivity index (χ1) is 13.8. The number of benzene rings is 2. The van der Waals surface area contributed by atoms with E-state index in [4.69, 9.17) is 21.7 Å². The molecule has 0 unspecified atom stereocenters. The van der Waals surface area contributed by atoms with Gasteiger partial charge in [0.1, 0.15) is 17.2 Å². The lowest BCUT2D eigenvalue weighted by atomic mass is 9.96. The third-order valence-corrected chi connectivity index (χ3v) is 5.11. The van der Waals surface area contributed by atoms with Crippen molar-refractivity contribution in [3.8, 4) is 11.5 Å². The summed E-state index contributed by atoms with van der Waals surface area (Å²) in [6, 6.07) is 11.4. The van der Waals surface area contributed by atoms with Crippen molar-refractivity contribution in [2.24, 2.45) is 0 Å². The van der Waals surface area contributed by atoms with Crippen LogP contribution in [0.15, 0.2) is 42.1 Å². The number of rotatable bonds is 6. The van der Waals surface area contributed by atoms with Crippen LogP contribution in [0.5, 0.6) is 11.5 Å². The van der Waals surface area contributed by atoms with E-state index in [1.807, 2.05) is 38.1 Å². The highest BCUT2D eigenvalue weighted by molar-refractivity contribution is 7.80. The molecule has 1 N–H and O–H groups in total. The summed E-state index contributed by atoms with van der Waals surface area (Å²) >= 11 is 5.41. The quantitative estimate of drug-likeness (QED) is 0.548. The van der Waals surface area contributed by atoms with Crippen molar-refractivity contribution in [1.29, 1.82) is 0 Å². The molecule has 0 atom stereocenters. The fourth-order valence-electron chi connectivity index (χ4n) is 3.26. The summed E-state index contributed by atoms with van der Waals surface area (Å²) in [5, 5.41) is 3.41. The predicted molar refractivity (Wildman–Crippen MR) is 121 cm³/mol. The van der Waals surface area contributed by atoms with Crippen molar-refractivity contribution in [2.45, 2.75) is 33.6 Å². The molecule has 1 aliphatic heterocycles. The van der Waals surface area contributed by atoms with Crippen LogP contribution in [0.3, 0.4) is 0 Å². The Morgan fingerprint density at radius 1 is 1.21 bits per heavy atom. The van der Waals surface area contributed by atoms with Crippen molar-refractivity contribution in [3.05, 3.63) is 58.8 Å². The van der Waals surface area contributed by atoms with Crippen LogP contribution in [-0.2, 0) is 4.79 Å². The molecule has 1 aliphatic rings. The summed E-state index contributed by atoms with van der Waals surface area (Å²) in [5.74, 6) is 1.74. The van der Waals surface area contributed by atoms with Gasteiger partial charge >= 0.3 is 0 Å². The summed E-state index contributed by atoms with van der Waals surface area (Å²) in [7, 11) is 1.60. The summed E-state index contributed by atoms with van der Waals surface area (Å²) in [6.07, 6.45) is 1.86. The van der Waals surface area contributed by atoms with Gasteiger partial charge in [0.2, 0.25) is 0 Å². The topological polar surface area (TPSA) is 50.8 Å². The van der Waals surface area contributed by atoms with E-state index < -0.39 is 0 Å². The second kappa shape index (κ2) is 8.66. The molecule has 0 aliphatic carbocycles. The van der Waals surface area contributed by atoms with Gasteiger partial charge in [0.05, 0.1) is 19.4 Å². The molecule has 2 aromatic carbocycles. The smallest absolute Gasteiger partial charge is 0.281 e. The number of aryl methyl sites for hydroxylation is 1. The Bertz CT molecular complexity index is 965. The van der Waals surface area contributed by atoms with Crippen LogP contribution in [0.2, 0.25) is 0 Å². The Morgan fingerprint density at radius 3 is 2.48 bits per heavy atom. The van der Waals surface area contributed by atoms with E-state index in [1.54, 1.807) is 19.2 Å². The monoisotopic (exact) mass is 410 g/mol. The third-order valence-electron chi connectivity index (χ3n) is 4.83. The molecular formula is C23H26N2O3S. The Kier molecular flexibility index (Phi) is 6.23. The van der Waals surface area contributed by atoms with E-state index in [-0.39, 0.29) is 5.91 Å². The minimum Gasteiger partial charge on any atom is -0.497 e. The Hall–Kier alpha value is -2.86. The second-order valence-electron chi connectivity index (χ2n) is 7.16. The third kappa shape index (κ3) is 4.27. The molecule has 0 bridgehead atoms. The average molecular weight is 411 g/mol. The van der Waals surface area contributed by atoms with E-state index >= 15 is 0 Å². The number of carbonyl (C=O) groups is 1. The number of amides is 1. The van der Waals surface area contributed by atoms with Gasteiger partial charge in [-0.25, -0.2) is 0 Å². The standard InChI is InChI=1S/C23H26N2O3S/c1-6-28-21-11-15(4)16(12-19(21)14(2)3)13-20-22(26)25(23(29)24-20)17-7-9-18(27-5)10-8-17/h7-14H,6H2,1-5H3,(H,24,29)/b20-13-. The molecular weight excluding hydrogens is 384 g/mol. The van der Waals surface area contributed by atoms with E-state index in [1.165, 1.54) is 4.90 Å². The Morgan fingerprint density at radius 2 is 1.90 bits per heavy atom. The van der Waals surface area contributed by atoms with Crippen molar-refractivity contribution in [2.75, 3.05) is 18.6 Å². The number of methoxy groups -OCH3 is 1. The molecule has 2 aromatic rings. The Labute approximate surface area is 177 Å². The van der Waals surface area contributed by atoms with Crippen molar-refractivity contribution in [3.63, 3.8) is 0 Å². The van der Waals surface area contributed by atoms with Crippen LogP contribution < -0.4 is 19.7 Å². The lowest BCUT2D eigenvalue weighted by Crippen LogP contribution is -2.30. The summed E-state index contributed by atoms with van der Waals surface area (Å²) in [6.45, 7) is 8.86. The molecule has 1 heterocycles. The SMILES string of the molecule is CCOc1cc(C)c(/C=C2\NC(=S)N(c3ccc(OC)cc3)C2=O)cc1C(C)C. The summed E-state index contributed by atoms with van der Waals surface area (Å²) in [5.41, 5.74) is 4.27. The fraction of sp³-hybridized carbons (Fsp3) is 0.304. The predicted octanol–water partition coefficient (Wildman–Crippen LogP) is 4.79. The van der Waals surface area contributed by atoms with Gasteiger partial charge in [0.25, 0.3) is 5.91 Å². The summed E-state index contributed by atoms with van der Waals surface area (Å²) < 4.78 is 11.0. The second-order valence-corrected chi connectivity index (χ2v) is 7.55. The van der Waals surface area contributed by atoms with Crippen LogP contribution >= 0.6 is 12.2 Å². The zero-order chi connectivity index (χ0) is 21.1. The number of ether oxygens (including phenoxy) is 2. The van der Waals surface area contributed by atoms with Gasteiger partial charge in [-0.05, 0) is 91.1 Å². The largest absolute Gasteiger partial charge is 0.497 e. The first kappa shape index (κ1) is 20.9. The molecule has 0 radical (unpaired) electrons. The van der Waals surface area contributed by atoms with Crippen molar-refractivity contribution in [1.82, 2.24) is 5.32 Å². The number of thiocarbonyl (C=S) groups is 1. The molecule has 1 fully saturated rings.